The van der Waals surface area contributed by atoms with Crippen molar-refractivity contribution in [2.24, 2.45) is 4.99 Å². The van der Waals surface area contributed by atoms with Gasteiger partial charge in [-0.3, -0.25) is 15.1 Å². The minimum Gasteiger partial charge on any atom is -0.497 e. The molecule has 1 amide bonds. The number of thioether (sulfide) groups is 1. The Labute approximate surface area is 179 Å². The molecule has 0 fully saturated rings. The third-order valence-electron chi connectivity index (χ3n) is 5.09. The highest BCUT2D eigenvalue weighted by Gasteiger charge is 2.33. The zero-order valence-corrected chi connectivity index (χ0v) is 18.3. The summed E-state index contributed by atoms with van der Waals surface area (Å²) in [4.78, 5) is 19.4. The molecule has 30 heavy (non-hydrogen) atoms. The number of ether oxygens (including phenoxy) is 2. The number of aromatic nitrogens is 1. The number of aryl methyl sites for hydroxylation is 1. The number of methoxy groups -OCH3 is 2. The molecule has 0 saturated carbocycles. The maximum atomic E-state index is 12.6. The van der Waals surface area contributed by atoms with Gasteiger partial charge < -0.3 is 14.0 Å². The number of amidine groups is 2. The molecule has 0 saturated heterocycles. The van der Waals surface area contributed by atoms with Crippen LogP contribution in [0, 0.1) is 19.3 Å². The van der Waals surface area contributed by atoms with Crippen molar-refractivity contribution in [1.29, 1.82) is 5.41 Å². The first-order valence-corrected chi connectivity index (χ1v) is 10.2. The van der Waals surface area contributed by atoms with Crippen LogP contribution in [-0.4, -0.2) is 40.6 Å². The molecule has 2 aliphatic rings. The highest BCUT2D eigenvalue weighted by atomic mass is 32.2. The number of nitrogens with zero attached hydrogens (tertiary/aromatic N) is 3. The minimum atomic E-state index is -0.398. The molecule has 4 rings (SSSR count). The molecule has 3 heterocycles. The van der Waals surface area contributed by atoms with E-state index < -0.39 is 5.91 Å². The summed E-state index contributed by atoms with van der Waals surface area (Å²) in [6.45, 7) is 5.89. The molecule has 7 nitrogen and oxygen atoms in total. The van der Waals surface area contributed by atoms with Crippen LogP contribution >= 0.6 is 11.8 Å². The van der Waals surface area contributed by atoms with E-state index >= 15 is 0 Å². The van der Waals surface area contributed by atoms with Gasteiger partial charge in [-0.1, -0.05) is 11.8 Å². The van der Waals surface area contributed by atoms with Gasteiger partial charge in [-0.25, -0.2) is 0 Å². The predicted molar refractivity (Wildman–Crippen MR) is 120 cm³/mol. The summed E-state index contributed by atoms with van der Waals surface area (Å²) in [5.41, 5.74) is 3.85. The normalized spacial score (nSPS) is 17.2. The second-order valence-electron chi connectivity index (χ2n) is 7.02. The predicted octanol–water partition coefficient (Wildman–Crippen LogP) is 4.28. The Bertz CT molecular complexity index is 1170. The van der Waals surface area contributed by atoms with Crippen LogP contribution < -0.4 is 9.47 Å². The van der Waals surface area contributed by atoms with E-state index in [1.165, 1.54) is 11.8 Å². The number of hydrogen-bond acceptors (Lipinski definition) is 5. The molecule has 2 aliphatic heterocycles. The lowest BCUT2D eigenvalue weighted by Crippen LogP contribution is -2.35. The number of aliphatic imine (C=N–C) groups is 1. The van der Waals surface area contributed by atoms with Gasteiger partial charge >= 0.3 is 0 Å². The fourth-order valence-electron chi connectivity index (χ4n) is 3.63. The summed E-state index contributed by atoms with van der Waals surface area (Å²) >= 11 is 1.40. The van der Waals surface area contributed by atoms with Gasteiger partial charge in [0.25, 0.3) is 5.91 Å². The minimum absolute atomic E-state index is 0.137. The molecule has 0 atom stereocenters. The number of allylic oxidation sites excluding steroid dienone is 1. The number of benzene rings is 1. The SMILES string of the molecule is COc1ccc(OC)c(-n2c(C)cc(C=C3C(=N)N4C=C(C)SC4=NC3=O)c2C)c1. The molecule has 2 aromatic rings. The smallest absolute Gasteiger partial charge is 0.283 e. The van der Waals surface area contributed by atoms with Crippen LogP contribution in [0.4, 0.5) is 0 Å². The molecule has 0 aliphatic carbocycles. The summed E-state index contributed by atoms with van der Waals surface area (Å²) in [5, 5.41) is 9.04. The van der Waals surface area contributed by atoms with E-state index in [0.717, 1.165) is 33.3 Å². The van der Waals surface area contributed by atoms with Gasteiger partial charge in [0.15, 0.2) is 5.17 Å². The number of fused-ring (bicyclic) bond motifs is 1. The largest absolute Gasteiger partial charge is 0.497 e. The third-order valence-corrected chi connectivity index (χ3v) is 5.99. The van der Waals surface area contributed by atoms with Gasteiger partial charge in [0, 0.05) is 28.6 Å². The average molecular weight is 423 g/mol. The second kappa shape index (κ2) is 7.53. The summed E-state index contributed by atoms with van der Waals surface area (Å²) in [6, 6.07) is 7.61. The van der Waals surface area contributed by atoms with Crippen LogP contribution in [0.1, 0.15) is 23.9 Å². The van der Waals surface area contributed by atoms with E-state index in [4.69, 9.17) is 14.9 Å². The maximum absolute atomic E-state index is 12.6. The van der Waals surface area contributed by atoms with Crippen LogP contribution in [-0.2, 0) is 4.79 Å². The lowest BCUT2D eigenvalue weighted by Gasteiger charge is -2.22. The highest BCUT2D eigenvalue weighted by molar-refractivity contribution is 8.17. The Morgan fingerprint density at radius 1 is 1.13 bits per heavy atom. The molecular weight excluding hydrogens is 400 g/mol. The van der Waals surface area contributed by atoms with Crippen molar-refractivity contribution in [2.75, 3.05) is 14.2 Å². The standard InChI is InChI=1S/C22H22N4O3S/c1-12-8-15(9-17-20(23)25-11-13(2)30-22(25)24-21(17)27)14(3)26(12)18-10-16(28-4)6-7-19(18)29-5/h6-11,23H,1-5H3. The maximum Gasteiger partial charge on any atom is 0.283 e. The summed E-state index contributed by atoms with van der Waals surface area (Å²) < 4.78 is 13.0. The molecule has 154 valence electrons. The van der Waals surface area contributed by atoms with E-state index in [2.05, 4.69) is 9.56 Å². The van der Waals surface area contributed by atoms with Crippen molar-refractivity contribution in [3.05, 3.63) is 57.9 Å². The molecule has 0 spiro atoms. The average Bonchev–Trinajstić information content (AvgIpc) is 3.23. The number of rotatable bonds is 4. The quantitative estimate of drug-likeness (QED) is 0.744. The molecule has 8 heteroatoms. The first-order chi connectivity index (χ1) is 14.3. The van der Waals surface area contributed by atoms with Gasteiger partial charge in [-0.2, -0.15) is 4.99 Å². The topological polar surface area (TPSA) is 79.9 Å². The number of amides is 1. The number of nitrogens with one attached hydrogen (secondary N) is 1. The highest BCUT2D eigenvalue weighted by Crippen LogP contribution is 2.34. The lowest BCUT2D eigenvalue weighted by atomic mass is 10.1. The Kier molecular flexibility index (Phi) is 5.03. The van der Waals surface area contributed by atoms with Crippen LogP contribution in [0.5, 0.6) is 11.5 Å². The van der Waals surface area contributed by atoms with Crippen LogP contribution in [0.25, 0.3) is 11.8 Å². The van der Waals surface area contributed by atoms with Gasteiger partial charge in [0.2, 0.25) is 0 Å². The Hall–Kier alpha value is -3.26. The van der Waals surface area contributed by atoms with Gasteiger partial charge in [0.1, 0.15) is 17.3 Å². The lowest BCUT2D eigenvalue weighted by molar-refractivity contribution is -0.114. The first kappa shape index (κ1) is 20.0. The number of hydrogen-bond donors (Lipinski definition) is 1. The van der Waals surface area contributed by atoms with E-state index in [9.17, 15) is 4.79 Å². The monoisotopic (exact) mass is 422 g/mol. The van der Waals surface area contributed by atoms with Crippen LogP contribution in [0.15, 0.2) is 45.9 Å². The molecule has 0 unspecified atom stereocenters. The zero-order chi connectivity index (χ0) is 21.6. The zero-order valence-electron chi connectivity index (χ0n) is 17.4. The fourth-order valence-corrected chi connectivity index (χ4v) is 4.45. The van der Waals surface area contributed by atoms with Gasteiger partial charge in [-0.05, 0) is 50.6 Å². The summed E-state index contributed by atoms with van der Waals surface area (Å²) in [7, 11) is 3.25. The van der Waals surface area contributed by atoms with E-state index in [1.807, 2.05) is 51.2 Å². The summed E-state index contributed by atoms with van der Waals surface area (Å²) in [5.74, 6) is 1.17. The van der Waals surface area contributed by atoms with Gasteiger partial charge in [0.05, 0.1) is 25.5 Å². The van der Waals surface area contributed by atoms with Gasteiger partial charge in [-0.15, -0.1) is 0 Å². The molecule has 1 aromatic carbocycles. The van der Waals surface area contributed by atoms with E-state index in [1.54, 1.807) is 25.2 Å². The second-order valence-corrected chi connectivity index (χ2v) is 8.23. The third kappa shape index (κ3) is 3.23. The molecule has 1 N–H and O–H groups in total. The van der Waals surface area contributed by atoms with Crippen molar-refractivity contribution in [3.8, 4) is 17.2 Å². The van der Waals surface area contributed by atoms with Crippen molar-refractivity contribution in [3.63, 3.8) is 0 Å². The number of carbonyl (C=O) groups excluding carboxylic acids is 1. The molecule has 0 radical (unpaired) electrons. The van der Waals surface area contributed by atoms with E-state index in [0.29, 0.717) is 10.9 Å². The molecule has 1 aromatic heterocycles. The number of carbonyl (C=O) groups is 1. The van der Waals surface area contributed by atoms with E-state index in [-0.39, 0.29) is 11.4 Å². The first-order valence-electron chi connectivity index (χ1n) is 9.34. The molecule has 0 bridgehead atoms. The summed E-state index contributed by atoms with van der Waals surface area (Å²) in [6.07, 6.45) is 3.57. The van der Waals surface area contributed by atoms with Crippen molar-refractivity contribution >= 4 is 34.7 Å². The van der Waals surface area contributed by atoms with Crippen molar-refractivity contribution in [2.45, 2.75) is 20.8 Å². The Balaban J connectivity index is 1.81. The Morgan fingerprint density at radius 3 is 2.60 bits per heavy atom. The molecular formula is C22H22N4O3S. The van der Waals surface area contributed by atoms with Crippen molar-refractivity contribution in [1.82, 2.24) is 9.47 Å². The van der Waals surface area contributed by atoms with Crippen molar-refractivity contribution < 1.29 is 14.3 Å². The fraction of sp³-hybridized carbons (Fsp3) is 0.227. The Morgan fingerprint density at radius 2 is 1.90 bits per heavy atom. The van der Waals surface area contributed by atoms with Crippen LogP contribution in [0.2, 0.25) is 0 Å². The van der Waals surface area contributed by atoms with Crippen LogP contribution in [0.3, 0.4) is 0 Å².